The summed E-state index contributed by atoms with van der Waals surface area (Å²) in [6.45, 7) is 24.2. The highest BCUT2D eigenvalue weighted by Gasteiger charge is 2.28. The molecule has 214 valence electrons. The van der Waals surface area contributed by atoms with E-state index in [0.29, 0.717) is 17.5 Å². The second kappa shape index (κ2) is 15.5. The molecule has 0 N–H and O–H groups in total. The van der Waals surface area contributed by atoms with Gasteiger partial charge in [0.15, 0.2) is 0 Å². The van der Waals surface area contributed by atoms with E-state index in [4.69, 9.17) is 19.6 Å². The fourth-order valence-electron chi connectivity index (χ4n) is 4.34. The lowest BCUT2D eigenvalue weighted by Gasteiger charge is -2.23. The first-order valence-electron chi connectivity index (χ1n) is 13.7. The average molecular weight is 579 g/mol. The zero-order valence-corrected chi connectivity index (χ0v) is 26.2. The number of carbonyl (C=O) groups is 2. The Morgan fingerprint density at radius 3 is 1.32 bits per heavy atom. The van der Waals surface area contributed by atoms with Crippen LogP contribution in [0.3, 0.4) is 0 Å². The van der Waals surface area contributed by atoms with Crippen molar-refractivity contribution in [3.05, 3.63) is 109 Å². The molecule has 0 fully saturated rings. The molecule has 8 heteroatoms. The first-order valence-corrected chi connectivity index (χ1v) is 18.4. The summed E-state index contributed by atoms with van der Waals surface area (Å²) in [7, 11) is -4.02. The van der Waals surface area contributed by atoms with E-state index >= 15 is 0 Å². The minimum absolute atomic E-state index is 0.163. The SMILES string of the molecule is C=C[Si](C=C)(CC)c1ccc(C(=O)OOC(CC(C)CC)OOC(=O)c2ccc([Si](C=C)(C=C)CC)cc2)cc1. The van der Waals surface area contributed by atoms with Gasteiger partial charge in [-0.15, -0.1) is 36.1 Å². The molecule has 0 saturated carbocycles. The maximum absolute atomic E-state index is 12.7. The number of rotatable bonds is 17. The van der Waals surface area contributed by atoms with Crippen molar-refractivity contribution < 1.29 is 29.1 Å². The molecule has 0 saturated heterocycles. The number of benzene rings is 2. The molecule has 40 heavy (non-hydrogen) atoms. The molecule has 0 aliphatic heterocycles. The van der Waals surface area contributed by atoms with Crippen LogP contribution in [0.25, 0.3) is 0 Å². The summed E-state index contributed by atoms with van der Waals surface area (Å²) in [6.07, 6.45) is 0.0886. The molecule has 1 unspecified atom stereocenters. The van der Waals surface area contributed by atoms with E-state index in [2.05, 4.69) is 40.2 Å². The molecular formula is C32H42O6Si2. The Bertz CT molecular complexity index is 1070. The van der Waals surface area contributed by atoms with Gasteiger partial charge in [0.2, 0.25) is 6.29 Å². The lowest BCUT2D eigenvalue weighted by atomic mass is 10.1. The summed E-state index contributed by atoms with van der Waals surface area (Å²) >= 11 is 0. The van der Waals surface area contributed by atoms with Crippen molar-refractivity contribution in [3.63, 3.8) is 0 Å². The van der Waals surface area contributed by atoms with Crippen LogP contribution >= 0.6 is 0 Å². The third kappa shape index (κ3) is 7.88. The van der Waals surface area contributed by atoms with E-state index in [-0.39, 0.29) is 5.92 Å². The van der Waals surface area contributed by atoms with Gasteiger partial charge < -0.3 is 0 Å². The highest BCUT2D eigenvalue weighted by atomic mass is 28.3. The number of hydrogen-bond donors (Lipinski definition) is 0. The van der Waals surface area contributed by atoms with E-state index < -0.39 is 34.4 Å². The molecule has 2 aromatic rings. The van der Waals surface area contributed by atoms with E-state index in [1.54, 1.807) is 24.3 Å². The van der Waals surface area contributed by atoms with Crippen LogP contribution in [0.5, 0.6) is 0 Å². The second-order valence-electron chi connectivity index (χ2n) is 9.87. The Labute approximate surface area is 240 Å². The summed E-state index contributed by atoms with van der Waals surface area (Å²) in [6, 6.07) is 16.2. The van der Waals surface area contributed by atoms with Gasteiger partial charge in [0, 0.05) is 6.42 Å². The Morgan fingerprint density at radius 1 is 0.700 bits per heavy atom. The van der Waals surface area contributed by atoms with Gasteiger partial charge >= 0.3 is 11.9 Å². The first-order chi connectivity index (χ1) is 19.2. The summed E-state index contributed by atoms with van der Waals surface area (Å²) in [5.74, 6) is -1.20. The highest BCUT2D eigenvalue weighted by Crippen LogP contribution is 2.18. The Kier molecular flexibility index (Phi) is 12.7. The van der Waals surface area contributed by atoms with Crippen molar-refractivity contribution >= 4 is 38.5 Å². The Morgan fingerprint density at radius 2 is 1.05 bits per heavy atom. The van der Waals surface area contributed by atoms with Gasteiger partial charge in [-0.25, -0.2) is 9.59 Å². The van der Waals surface area contributed by atoms with E-state index in [1.807, 2.05) is 60.9 Å². The molecule has 0 heterocycles. The van der Waals surface area contributed by atoms with Crippen molar-refractivity contribution in [1.29, 1.82) is 0 Å². The molecular weight excluding hydrogens is 537 g/mol. The van der Waals surface area contributed by atoms with Crippen LogP contribution in [-0.2, 0) is 19.6 Å². The van der Waals surface area contributed by atoms with Gasteiger partial charge in [-0.2, -0.15) is 0 Å². The summed E-state index contributed by atoms with van der Waals surface area (Å²) in [5, 5.41) is 2.21. The molecule has 0 radical (unpaired) electrons. The molecule has 0 aliphatic carbocycles. The van der Waals surface area contributed by atoms with Crippen LogP contribution in [0.2, 0.25) is 12.1 Å². The van der Waals surface area contributed by atoms with Crippen LogP contribution in [0.4, 0.5) is 0 Å². The van der Waals surface area contributed by atoms with Gasteiger partial charge in [0.1, 0.15) is 16.1 Å². The van der Waals surface area contributed by atoms with Crippen molar-refractivity contribution in [2.45, 2.75) is 58.9 Å². The maximum atomic E-state index is 12.7. The van der Waals surface area contributed by atoms with Crippen LogP contribution in [0, 0.1) is 5.92 Å². The molecule has 2 aromatic carbocycles. The second-order valence-corrected chi connectivity index (χ2v) is 18.2. The Hall–Kier alpha value is -3.31. The fourth-order valence-corrected chi connectivity index (χ4v) is 9.16. The molecule has 0 bridgehead atoms. The largest absolute Gasteiger partial charge is 0.373 e. The predicted molar refractivity (Wildman–Crippen MR) is 166 cm³/mol. The zero-order chi connectivity index (χ0) is 29.8. The molecule has 0 aliphatic rings. The third-order valence-electron chi connectivity index (χ3n) is 7.70. The molecule has 0 spiro atoms. The molecule has 0 amide bonds. The highest BCUT2D eigenvalue weighted by molar-refractivity contribution is 7.00. The monoisotopic (exact) mass is 578 g/mol. The minimum Gasteiger partial charge on any atom is -0.290 e. The van der Waals surface area contributed by atoms with Gasteiger partial charge in [0.25, 0.3) is 0 Å². The first kappa shape index (κ1) is 32.9. The molecule has 2 rings (SSSR count). The van der Waals surface area contributed by atoms with E-state index in [0.717, 1.165) is 28.9 Å². The van der Waals surface area contributed by atoms with Crippen molar-refractivity contribution in [1.82, 2.24) is 0 Å². The van der Waals surface area contributed by atoms with Gasteiger partial charge in [0.05, 0.1) is 11.1 Å². The number of hydrogen-bond acceptors (Lipinski definition) is 6. The van der Waals surface area contributed by atoms with Crippen molar-refractivity contribution in [2.24, 2.45) is 5.92 Å². The van der Waals surface area contributed by atoms with Gasteiger partial charge in [-0.1, -0.05) is 91.6 Å². The van der Waals surface area contributed by atoms with Gasteiger partial charge in [-0.3, -0.25) is 9.78 Å². The normalized spacial score (nSPS) is 12.3. The Balaban J connectivity index is 2.06. The topological polar surface area (TPSA) is 71.1 Å². The van der Waals surface area contributed by atoms with E-state index in [9.17, 15) is 9.59 Å². The van der Waals surface area contributed by atoms with E-state index in [1.165, 1.54) is 0 Å². The quantitative estimate of drug-likeness (QED) is 0.0914. The zero-order valence-electron chi connectivity index (χ0n) is 24.2. The standard InChI is InChI=1S/C32H42O6Si2/c1-9-25(8)24-30(35-37-31(33)26-16-20-28(21-17-26)39(10-2,11-3)12-4)36-38-32(34)27-18-22-29(23-19-27)40(13-5,14-6)15-7/h10-11,13-14,16-23,25,30H,2-3,5-6,9,12,15,24H2,1,4,7-8H3. The summed E-state index contributed by atoms with van der Waals surface area (Å²) < 4.78 is 0. The lowest BCUT2D eigenvalue weighted by Crippen LogP contribution is -2.43. The summed E-state index contributed by atoms with van der Waals surface area (Å²) in [5.41, 5.74) is 8.55. The fraction of sp³-hybridized carbons (Fsp3) is 0.312. The van der Waals surface area contributed by atoms with Gasteiger partial charge in [-0.05, 0) is 42.3 Å². The van der Waals surface area contributed by atoms with Crippen LogP contribution in [0.1, 0.15) is 61.3 Å². The summed E-state index contributed by atoms with van der Waals surface area (Å²) in [4.78, 5) is 46.1. The lowest BCUT2D eigenvalue weighted by molar-refractivity contribution is -0.423. The van der Waals surface area contributed by atoms with Crippen LogP contribution in [-0.4, -0.2) is 34.4 Å². The maximum Gasteiger partial charge on any atom is 0.373 e. The van der Waals surface area contributed by atoms with Crippen LogP contribution < -0.4 is 10.4 Å². The predicted octanol–water partition coefficient (Wildman–Crippen LogP) is 6.58. The molecule has 6 nitrogen and oxygen atoms in total. The molecule has 0 aromatic heterocycles. The van der Waals surface area contributed by atoms with Crippen molar-refractivity contribution in [3.8, 4) is 0 Å². The molecule has 1 atom stereocenters. The third-order valence-corrected chi connectivity index (χ3v) is 15.8. The minimum atomic E-state index is -2.01. The van der Waals surface area contributed by atoms with Crippen LogP contribution in [0.15, 0.2) is 97.6 Å². The number of carbonyl (C=O) groups excluding carboxylic acids is 2. The van der Waals surface area contributed by atoms with Crippen molar-refractivity contribution in [2.75, 3.05) is 0 Å². The average Bonchev–Trinajstić information content (AvgIpc) is 3.01. The smallest absolute Gasteiger partial charge is 0.290 e.